The fourth-order valence-corrected chi connectivity index (χ4v) is 3.91. The molecule has 0 aromatic heterocycles. The number of nitrogens with two attached hydrogens (primary N) is 1. The summed E-state index contributed by atoms with van der Waals surface area (Å²) in [6.45, 7) is 3.31. The summed E-state index contributed by atoms with van der Waals surface area (Å²) in [5, 5.41) is 0. The van der Waals surface area contributed by atoms with Crippen molar-refractivity contribution in [2.24, 2.45) is 21.6 Å². The molecule has 27 heavy (non-hydrogen) atoms. The van der Waals surface area contributed by atoms with Gasteiger partial charge in [-0.3, -0.25) is 0 Å². The average molecular weight is 361 g/mol. The Morgan fingerprint density at radius 2 is 1.56 bits per heavy atom. The topological polar surface area (TPSA) is 54.0 Å². The molecular formula is C23H28N4. The number of hydrogen-bond donors (Lipinski definition) is 1. The minimum Gasteiger partial charge on any atom is -0.324 e. The molecule has 4 nitrogen and oxygen atoms in total. The Labute approximate surface area is 161 Å². The van der Waals surface area contributed by atoms with Crippen LogP contribution in [0.1, 0.15) is 36.4 Å². The lowest BCUT2D eigenvalue weighted by molar-refractivity contribution is 0.202. The molecule has 1 atom stereocenters. The van der Waals surface area contributed by atoms with Crippen molar-refractivity contribution in [3.8, 4) is 0 Å². The SMILES string of the molecule is NC(CCN1CCC(C2=NC(Cc3ccccc3)=N2)CC1)c1ccccc1. The van der Waals surface area contributed by atoms with Gasteiger partial charge < -0.3 is 10.6 Å². The molecule has 4 rings (SSSR count). The van der Waals surface area contributed by atoms with Gasteiger partial charge in [0, 0.05) is 18.4 Å². The highest BCUT2D eigenvalue weighted by Crippen LogP contribution is 2.24. The molecule has 0 spiro atoms. The zero-order valence-electron chi connectivity index (χ0n) is 15.8. The Kier molecular flexibility index (Phi) is 5.75. The predicted octanol–water partition coefficient (Wildman–Crippen LogP) is 3.84. The second kappa shape index (κ2) is 8.59. The summed E-state index contributed by atoms with van der Waals surface area (Å²) in [6, 6.07) is 21.0. The van der Waals surface area contributed by atoms with Crippen LogP contribution in [0.15, 0.2) is 70.6 Å². The fraction of sp³-hybridized carbons (Fsp3) is 0.391. The standard InChI is InChI=1S/C23H28N4/c24-21(19-9-5-2-6-10-19)13-16-27-14-11-20(12-15-27)23-25-22(26-23)17-18-7-3-1-4-8-18/h1-10,20-21H,11-17,24H2. The van der Waals surface area contributed by atoms with Gasteiger partial charge in [-0.15, -0.1) is 0 Å². The van der Waals surface area contributed by atoms with E-state index in [0.29, 0.717) is 5.92 Å². The van der Waals surface area contributed by atoms with Gasteiger partial charge in [-0.25, -0.2) is 9.98 Å². The monoisotopic (exact) mass is 360 g/mol. The fourth-order valence-electron chi connectivity index (χ4n) is 3.91. The van der Waals surface area contributed by atoms with Crippen molar-refractivity contribution < 1.29 is 0 Å². The van der Waals surface area contributed by atoms with Crippen LogP contribution in [0.3, 0.4) is 0 Å². The van der Waals surface area contributed by atoms with Crippen LogP contribution in [0.5, 0.6) is 0 Å². The first-order chi connectivity index (χ1) is 13.3. The molecule has 0 saturated carbocycles. The summed E-state index contributed by atoms with van der Waals surface area (Å²) in [6.07, 6.45) is 4.17. The maximum Gasteiger partial charge on any atom is 0.137 e. The van der Waals surface area contributed by atoms with E-state index in [9.17, 15) is 0 Å². The Morgan fingerprint density at radius 1 is 0.926 bits per heavy atom. The van der Waals surface area contributed by atoms with Crippen LogP contribution in [0, 0.1) is 5.92 Å². The van der Waals surface area contributed by atoms with Crippen LogP contribution in [0.25, 0.3) is 0 Å². The van der Waals surface area contributed by atoms with E-state index in [1.807, 2.05) is 12.1 Å². The van der Waals surface area contributed by atoms with Gasteiger partial charge in [0.1, 0.15) is 11.7 Å². The molecule has 0 bridgehead atoms. The van der Waals surface area contributed by atoms with Crippen molar-refractivity contribution in [3.63, 3.8) is 0 Å². The molecule has 2 aromatic rings. The largest absolute Gasteiger partial charge is 0.324 e. The van der Waals surface area contributed by atoms with E-state index in [1.165, 1.54) is 11.1 Å². The Bertz CT molecular complexity index is 790. The second-order valence-corrected chi connectivity index (χ2v) is 7.58. The van der Waals surface area contributed by atoms with Gasteiger partial charge in [-0.05, 0) is 50.0 Å². The summed E-state index contributed by atoms with van der Waals surface area (Å²) in [4.78, 5) is 11.9. The maximum atomic E-state index is 6.33. The second-order valence-electron chi connectivity index (χ2n) is 7.58. The van der Waals surface area contributed by atoms with Crippen LogP contribution in [0.2, 0.25) is 0 Å². The molecule has 4 heteroatoms. The summed E-state index contributed by atoms with van der Waals surface area (Å²) < 4.78 is 0. The first kappa shape index (κ1) is 18.1. The summed E-state index contributed by atoms with van der Waals surface area (Å²) in [5.41, 5.74) is 8.85. The molecular weight excluding hydrogens is 332 g/mol. The number of nitrogens with zero attached hydrogens (tertiary/aromatic N) is 3. The van der Waals surface area contributed by atoms with Crippen molar-refractivity contribution in [1.29, 1.82) is 0 Å². The van der Waals surface area contributed by atoms with Crippen LogP contribution < -0.4 is 5.73 Å². The van der Waals surface area contributed by atoms with Crippen molar-refractivity contribution >= 4 is 11.7 Å². The van der Waals surface area contributed by atoms with Gasteiger partial charge in [0.15, 0.2) is 0 Å². The molecule has 0 amide bonds. The zero-order chi connectivity index (χ0) is 18.5. The van der Waals surface area contributed by atoms with Gasteiger partial charge in [-0.1, -0.05) is 60.7 Å². The lowest BCUT2D eigenvalue weighted by Gasteiger charge is -2.33. The number of amidine groups is 2. The highest BCUT2D eigenvalue weighted by molar-refractivity contribution is 6.12. The van der Waals surface area contributed by atoms with E-state index < -0.39 is 0 Å². The predicted molar refractivity (Wildman–Crippen MR) is 112 cm³/mol. The van der Waals surface area contributed by atoms with Crippen molar-refractivity contribution in [1.82, 2.24) is 4.90 Å². The molecule has 140 valence electrons. The molecule has 2 aliphatic rings. The minimum atomic E-state index is 0.130. The molecule has 1 fully saturated rings. The lowest BCUT2D eigenvalue weighted by atomic mass is 9.94. The van der Waals surface area contributed by atoms with Gasteiger partial charge >= 0.3 is 0 Å². The Hall–Kier alpha value is -2.30. The van der Waals surface area contributed by atoms with Crippen molar-refractivity contribution in [3.05, 3.63) is 71.8 Å². The Balaban J connectivity index is 1.18. The van der Waals surface area contributed by atoms with Gasteiger partial charge in [0.25, 0.3) is 0 Å². The molecule has 0 radical (unpaired) electrons. The molecule has 2 heterocycles. The van der Waals surface area contributed by atoms with Crippen LogP contribution in [-0.4, -0.2) is 36.2 Å². The van der Waals surface area contributed by atoms with Crippen LogP contribution in [0.4, 0.5) is 0 Å². The first-order valence-corrected chi connectivity index (χ1v) is 10.0. The highest BCUT2D eigenvalue weighted by atomic mass is 15.1. The average Bonchev–Trinajstić information content (AvgIpc) is 2.70. The van der Waals surface area contributed by atoms with E-state index in [2.05, 4.69) is 53.4 Å². The van der Waals surface area contributed by atoms with E-state index in [1.54, 1.807) is 0 Å². The van der Waals surface area contributed by atoms with Gasteiger partial charge in [-0.2, -0.15) is 0 Å². The summed E-state index contributed by atoms with van der Waals surface area (Å²) >= 11 is 0. The van der Waals surface area contributed by atoms with Gasteiger partial charge in [0.2, 0.25) is 0 Å². The van der Waals surface area contributed by atoms with E-state index in [4.69, 9.17) is 15.7 Å². The molecule has 2 aliphatic heterocycles. The number of hydrogen-bond acceptors (Lipinski definition) is 4. The molecule has 1 saturated heterocycles. The number of rotatable bonds is 7. The van der Waals surface area contributed by atoms with Crippen molar-refractivity contribution in [2.45, 2.75) is 31.7 Å². The van der Waals surface area contributed by atoms with E-state index in [0.717, 1.165) is 57.0 Å². The third-order valence-corrected chi connectivity index (χ3v) is 5.63. The van der Waals surface area contributed by atoms with Gasteiger partial charge in [0.05, 0.1) is 0 Å². The highest BCUT2D eigenvalue weighted by Gasteiger charge is 2.27. The van der Waals surface area contributed by atoms with E-state index >= 15 is 0 Å². The summed E-state index contributed by atoms with van der Waals surface area (Å²) in [5.74, 6) is 2.58. The van der Waals surface area contributed by atoms with Crippen molar-refractivity contribution in [2.75, 3.05) is 19.6 Å². The number of aliphatic imine (C=N–C) groups is 2. The lowest BCUT2D eigenvalue weighted by Crippen LogP contribution is -2.39. The third-order valence-electron chi connectivity index (χ3n) is 5.63. The quantitative estimate of drug-likeness (QED) is 0.815. The number of likely N-dealkylation sites (tertiary alicyclic amines) is 1. The molecule has 2 N–H and O–H groups in total. The molecule has 2 aromatic carbocycles. The normalized spacial score (nSPS) is 19.1. The van der Waals surface area contributed by atoms with Crippen LogP contribution in [-0.2, 0) is 6.42 Å². The molecule has 0 aliphatic carbocycles. The third kappa shape index (κ3) is 4.71. The number of piperidine rings is 1. The van der Waals surface area contributed by atoms with E-state index in [-0.39, 0.29) is 6.04 Å². The van der Waals surface area contributed by atoms with Crippen LogP contribution >= 0.6 is 0 Å². The summed E-state index contributed by atoms with van der Waals surface area (Å²) in [7, 11) is 0. The smallest absolute Gasteiger partial charge is 0.137 e. The maximum absolute atomic E-state index is 6.33. The number of benzene rings is 2. The minimum absolute atomic E-state index is 0.130. The zero-order valence-corrected chi connectivity index (χ0v) is 15.8. The first-order valence-electron chi connectivity index (χ1n) is 10.0. The molecule has 1 unspecified atom stereocenters. The Morgan fingerprint density at radius 3 is 2.22 bits per heavy atom.